The lowest BCUT2D eigenvalue weighted by Gasteiger charge is -2.12. The van der Waals surface area contributed by atoms with Crippen LogP contribution in [0.15, 0.2) is 59.7 Å². The van der Waals surface area contributed by atoms with Gasteiger partial charge in [0.05, 0.1) is 7.11 Å². The number of methoxy groups -OCH3 is 1. The fraction of sp³-hybridized carbons (Fsp3) is 0.0625. The van der Waals surface area contributed by atoms with Crippen LogP contribution in [-0.2, 0) is 0 Å². The molecule has 0 aliphatic heterocycles. The summed E-state index contributed by atoms with van der Waals surface area (Å²) in [5, 5.41) is 7.41. The first-order valence-electron chi connectivity index (χ1n) is 6.74. The number of nitrogens with zero attached hydrogens (tertiary/aromatic N) is 1. The molecule has 0 spiro atoms. The lowest BCUT2D eigenvalue weighted by atomic mass is 10.1. The van der Waals surface area contributed by atoms with Crippen LogP contribution in [0, 0.1) is 0 Å². The molecule has 4 N–H and O–H groups in total. The molecule has 2 aromatic carbocycles. The Hall–Kier alpha value is -2.51. The summed E-state index contributed by atoms with van der Waals surface area (Å²) in [6.07, 6.45) is 0. The lowest BCUT2D eigenvalue weighted by molar-refractivity contribution is 0.415. The molecule has 7 heteroatoms. The van der Waals surface area contributed by atoms with Gasteiger partial charge in [0.2, 0.25) is 0 Å². The van der Waals surface area contributed by atoms with E-state index in [2.05, 4.69) is 15.8 Å². The third-order valence-electron chi connectivity index (χ3n) is 2.89. The molecule has 0 atom stereocenters. The van der Waals surface area contributed by atoms with E-state index in [1.165, 1.54) is 0 Å². The van der Waals surface area contributed by atoms with Crippen molar-refractivity contribution in [2.45, 2.75) is 0 Å². The van der Waals surface area contributed by atoms with E-state index in [0.717, 1.165) is 17.0 Å². The van der Waals surface area contributed by atoms with E-state index >= 15 is 0 Å². The molecule has 0 amide bonds. The molecule has 0 radical (unpaired) electrons. The molecule has 2 aromatic rings. The molecule has 5 nitrogen and oxygen atoms in total. The number of benzene rings is 2. The summed E-state index contributed by atoms with van der Waals surface area (Å²) in [6, 6.07) is 17.0. The van der Waals surface area contributed by atoms with Gasteiger partial charge in [0.15, 0.2) is 5.11 Å². The number of hydrogen-bond donors (Lipinski definition) is 3. The van der Waals surface area contributed by atoms with Crippen molar-refractivity contribution < 1.29 is 4.74 Å². The highest BCUT2D eigenvalue weighted by atomic mass is 32.1. The number of nitrogens with two attached hydrogens (primary N) is 1. The second-order valence-electron chi connectivity index (χ2n) is 4.49. The van der Waals surface area contributed by atoms with Gasteiger partial charge in [-0.05, 0) is 36.5 Å². The number of rotatable bonds is 5. The zero-order chi connectivity index (χ0) is 16.7. The zero-order valence-electron chi connectivity index (χ0n) is 12.4. The molecule has 0 heterocycles. The van der Waals surface area contributed by atoms with Crippen LogP contribution in [0.2, 0.25) is 0 Å². The van der Waals surface area contributed by atoms with Crippen LogP contribution in [0.25, 0.3) is 0 Å². The molecule has 0 saturated heterocycles. The van der Waals surface area contributed by atoms with Gasteiger partial charge < -0.3 is 15.8 Å². The maximum Gasteiger partial charge on any atom is 0.184 e. The Morgan fingerprint density at radius 3 is 2.26 bits per heavy atom. The Labute approximate surface area is 145 Å². The summed E-state index contributed by atoms with van der Waals surface area (Å²) in [6.45, 7) is 0. The standard InChI is InChI=1S/C16H16N4OS2/c1-21-13-9-7-12(8-10-13)18-15(22)14(19-20-16(17)23)11-5-3-2-4-6-11/h2-10H,1H3,(H,18,22)(H3,17,20,23)/b19-14+. The highest BCUT2D eigenvalue weighted by Gasteiger charge is 2.11. The van der Waals surface area contributed by atoms with Gasteiger partial charge in [0.1, 0.15) is 16.4 Å². The average Bonchev–Trinajstić information content (AvgIpc) is 2.56. The summed E-state index contributed by atoms with van der Waals surface area (Å²) < 4.78 is 5.13. The number of thiocarbonyl (C=S) groups is 2. The molecule has 118 valence electrons. The van der Waals surface area contributed by atoms with Crippen LogP contribution >= 0.6 is 24.4 Å². The summed E-state index contributed by atoms with van der Waals surface area (Å²) >= 11 is 10.2. The maximum atomic E-state index is 5.46. The first kappa shape index (κ1) is 16.9. The highest BCUT2D eigenvalue weighted by Crippen LogP contribution is 2.16. The Morgan fingerprint density at radius 1 is 1.04 bits per heavy atom. The molecule has 2 rings (SSSR count). The van der Waals surface area contributed by atoms with Gasteiger partial charge in [-0.2, -0.15) is 5.10 Å². The van der Waals surface area contributed by atoms with Crippen LogP contribution in [0.5, 0.6) is 5.75 Å². The van der Waals surface area contributed by atoms with Gasteiger partial charge in [-0.15, -0.1) is 0 Å². The molecule has 0 unspecified atom stereocenters. The van der Waals surface area contributed by atoms with Crippen LogP contribution in [-0.4, -0.2) is 22.9 Å². The van der Waals surface area contributed by atoms with Crippen molar-refractivity contribution in [1.29, 1.82) is 0 Å². The molecule has 0 aliphatic carbocycles. The minimum absolute atomic E-state index is 0.0747. The Bertz CT molecular complexity index is 715. The Morgan fingerprint density at radius 2 is 1.70 bits per heavy atom. The van der Waals surface area contributed by atoms with Crippen LogP contribution in [0.4, 0.5) is 5.69 Å². The lowest BCUT2D eigenvalue weighted by Crippen LogP contribution is -2.29. The molecule has 0 saturated carbocycles. The van der Waals surface area contributed by atoms with Gasteiger partial charge in [-0.1, -0.05) is 42.5 Å². The number of hydrogen-bond acceptors (Lipinski definition) is 4. The van der Waals surface area contributed by atoms with E-state index < -0.39 is 0 Å². The zero-order valence-corrected chi connectivity index (χ0v) is 14.1. The number of ether oxygens (including phenoxy) is 1. The molecule has 0 bridgehead atoms. The predicted octanol–water partition coefficient (Wildman–Crippen LogP) is 2.67. The monoisotopic (exact) mass is 344 g/mol. The fourth-order valence-electron chi connectivity index (χ4n) is 1.82. The van der Waals surface area contributed by atoms with E-state index in [4.69, 9.17) is 34.9 Å². The smallest absolute Gasteiger partial charge is 0.184 e. The molecule has 23 heavy (non-hydrogen) atoms. The minimum Gasteiger partial charge on any atom is -0.497 e. The van der Waals surface area contributed by atoms with Crippen LogP contribution in [0.3, 0.4) is 0 Å². The summed E-state index contributed by atoms with van der Waals surface area (Å²) in [4.78, 5) is 0.449. The first-order chi connectivity index (χ1) is 11.1. The maximum absolute atomic E-state index is 5.46. The van der Waals surface area contributed by atoms with Crippen LogP contribution < -0.4 is 21.2 Å². The van der Waals surface area contributed by atoms with E-state index in [-0.39, 0.29) is 5.11 Å². The van der Waals surface area contributed by atoms with Gasteiger partial charge in [0, 0.05) is 11.3 Å². The van der Waals surface area contributed by atoms with Gasteiger partial charge in [-0.3, -0.25) is 5.43 Å². The molecular formula is C16H16N4OS2. The van der Waals surface area contributed by atoms with Crippen molar-refractivity contribution >= 4 is 45.9 Å². The third kappa shape index (κ3) is 5.01. The largest absolute Gasteiger partial charge is 0.497 e. The third-order valence-corrected chi connectivity index (χ3v) is 3.27. The molecular weight excluding hydrogens is 328 g/mol. The minimum atomic E-state index is 0.0747. The summed E-state index contributed by atoms with van der Waals surface area (Å²) in [7, 11) is 1.62. The van der Waals surface area contributed by atoms with Crippen molar-refractivity contribution in [3.8, 4) is 5.75 Å². The quantitative estimate of drug-likeness (QED) is 0.440. The van der Waals surface area contributed by atoms with Gasteiger partial charge >= 0.3 is 0 Å². The predicted molar refractivity (Wildman–Crippen MR) is 102 cm³/mol. The fourth-order valence-corrected chi connectivity index (χ4v) is 2.15. The first-order valence-corrected chi connectivity index (χ1v) is 7.56. The van der Waals surface area contributed by atoms with Crippen LogP contribution in [0.1, 0.15) is 5.56 Å². The second-order valence-corrected chi connectivity index (χ2v) is 5.33. The molecule has 0 aromatic heterocycles. The van der Waals surface area contributed by atoms with Crippen molar-refractivity contribution in [2.24, 2.45) is 10.8 Å². The van der Waals surface area contributed by atoms with E-state index in [1.807, 2.05) is 54.6 Å². The Balaban J connectivity index is 2.22. The van der Waals surface area contributed by atoms with E-state index in [1.54, 1.807) is 7.11 Å². The number of anilines is 1. The normalized spacial score (nSPS) is 10.7. The Kier molecular flexibility index (Phi) is 6.02. The summed E-state index contributed by atoms with van der Waals surface area (Å²) in [5.41, 5.74) is 10.2. The average molecular weight is 344 g/mol. The SMILES string of the molecule is COc1ccc(NC(=S)/C(=N/NC(N)=S)c2ccccc2)cc1. The van der Waals surface area contributed by atoms with Crippen molar-refractivity contribution in [3.05, 3.63) is 60.2 Å². The highest BCUT2D eigenvalue weighted by molar-refractivity contribution is 7.82. The topological polar surface area (TPSA) is 71.7 Å². The van der Waals surface area contributed by atoms with Crippen molar-refractivity contribution in [2.75, 3.05) is 12.4 Å². The van der Waals surface area contributed by atoms with Gasteiger partial charge in [0.25, 0.3) is 0 Å². The molecule has 0 fully saturated rings. The van der Waals surface area contributed by atoms with E-state index in [9.17, 15) is 0 Å². The van der Waals surface area contributed by atoms with Crippen molar-refractivity contribution in [1.82, 2.24) is 5.43 Å². The van der Waals surface area contributed by atoms with Gasteiger partial charge in [-0.25, -0.2) is 0 Å². The number of hydrazone groups is 1. The van der Waals surface area contributed by atoms with Crippen molar-refractivity contribution in [3.63, 3.8) is 0 Å². The summed E-state index contributed by atoms with van der Waals surface area (Å²) in [5.74, 6) is 0.772. The molecule has 0 aliphatic rings. The second kappa shape index (κ2) is 8.21. The van der Waals surface area contributed by atoms with E-state index in [0.29, 0.717) is 10.7 Å². The number of nitrogens with one attached hydrogen (secondary N) is 2.